The van der Waals surface area contributed by atoms with Crippen molar-refractivity contribution in [3.8, 4) is 0 Å². The smallest absolute Gasteiger partial charge is 0.272 e. The van der Waals surface area contributed by atoms with E-state index in [0.29, 0.717) is 22.0 Å². The standard InChI is InChI=1S/C23H19Cl3N2O3/c1-13-5-4-7-17-20(13)23(31)28(22(17)30)27(12-14-9-10-15(24)11-19(14)26)21(29)16-6-2-3-8-18(16)25/h2-6,8-11,13,17,20H,7,12H2,1H3/t13-,17-,20+/m1/s1. The van der Waals surface area contributed by atoms with E-state index in [1.807, 2.05) is 19.1 Å². The fraction of sp³-hybridized carbons (Fsp3) is 0.261. The molecule has 1 fully saturated rings. The molecule has 31 heavy (non-hydrogen) atoms. The maximum atomic E-state index is 13.5. The van der Waals surface area contributed by atoms with Gasteiger partial charge in [0, 0.05) is 10.0 Å². The molecule has 2 aromatic carbocycles. The summed E-state index contributed by atoms with van der Waals surface area (Å²) in [6.45, 7) is 1.82. The summed E-state index contributed by atoms with van der Waals surface area (Å²) in [5.74, 6) is -2.43. The molecular weight excluding hydrogens is 459 g/mol. The molecule has 0 radical (unpaired) electrons. The van der Waals surface area contributed by atoms with E-state index in [1.54, 1.807) is 42.5 Å². The summed E-state index contributed by atoms with van der Waals surface area (Å²) in [6, 6.07) is 11.4. The predicted octanol–water partition coefficient (Wildman–Crippen LogP) is 5.40. The molecule has 1 aliphatic heterocycles. The average Bonchev–Trinajstić information content (AvgIpc) is 2.99. The number of imide groups is 1. The Kier molecular flexibility index (Phi) is 6.11. The molecule has 0 N–H and O–H groups in total. The lowest BCUT2D eigenvalue weighted by molar-refractivity contribution is -0.155. The van der Waals surface area contributed by atoms with E-state index in [2.05, 4.69) is 0 Å². The zero-order chi connectivity index (χ0) is 22.3. The van der Waals surface area contributed by atoms with E-state index >= 15 is 0 Å². The molecule has 1 heterocycles. The van der Waals surface area contributed by atoms with Crippen molar-refractivity contribution in [1.82, 2.24) is 10.0 Å². The van der Waals surface area contributed by atoms with Crippen molar-refractivity contribution < 1.29 is 14.4 Å². The first-order valence-corrected chi connectivity index (χ1v) is 11.0. The highest BCUT2D eigenvalue weighted by atomic mass is 35.5. The van der Waals surface area contributed by atoms with Crippen molar-refractivity contribution in [2.75, 3.05) is 0 Å². The van der Waals surface area contributed by atoms with Crippen molar-refractivity contribution in [1.29, 1.82) is 0 Å². The Bertz CT molecular complexity index is 1100. The Hall–Kier alpha value is -2.34. The van der Waals surface area contributed by atoms with Gasteiger partial charge in [-0.1, -0.05) is 72.1 Å². The van der Waals surface area contributed by atoms with Gasteiger partial charge in [-0.05, 0) is 42.2 Å². The Morgan fingerprint density at radius 2 is 1.81 bits per heavy atom. The van der Waals surface area contributed by atoms with Crippen LogP contribution in [0.25, 0.3) is 0 Å². The minimum absolute atomic E-state index is 0.0845. The number of carbonyl (C=O) groups is 3. The Morgan fingerprint density at radius 1 is 1.06 bits per heavy atom. The van der Waals surface area contributed by atoms with Gasteiger partial charge in [0.25, 0.3) is 17.7 Å². The highest BCUT2D eigenvalue weighted by molar-refractivity contribution is 6.35. The van der Waals surface area contributed by atoms with Crippen LogP contribution >= 0.6 is 34.8 Å². The summed E-state index contributed by atoms with van der Waals surface area (Å²) >= 11 is 18.6. The Labute approximate surface area is 195 Å². The molecule has 0 bridgehead atoms. The van der Waals surface area contributed by atoms with Crippen LogP contribution in [0.2, 0.25) is 15.1 Å². The molecule has 2 aromatic rings. The largest absolute Gasteiger partial charge is 0.274 e. The lowest BCUT2D eigenvalue weighted by Gasteiger charge is -2.31. The van der Waals surface area contributed by atoms with Gasteiger partial charge in [-0.25, -0.2) is 5.01 Å². The number of fused-ring (bicyclic) bond motifs is 1. The first-order valence-electron chi connectivity index (χ1n) is 9.84. The molecule has 3 amide bonds. The molecule has 8 heteroatoms. The number of carbonyl (C=O) groups excluding carboxylic acids is 3. The van der Waals surface area contributed by atoms with Crippen molar-refractivity contribution in [2.45, 2.75) is 19.9 Å². The third-order valence-electron chi connectivity index (χ3n) is 5.76. The molecule has 2 aliphatic rings. The lowest BCUT2D eigenvalue weighted by Crippen LogP contribution is -2.50. The summed E-state index contributed by atoms with van der Waals surface area (Å²) in [5, 5.41) is 3.13. The number of hydrogen-bond donors (Lipinski definition) is 0. The highest BCUT2D eigenvalue weighted by Crippen LogP contribution is 2.40. The van der Waals surface area contributed by atoms with Crippen LogP contribution in [0.4, 0.5) is 0 Å². The summed E-state index contributed by atoms with van der Waals surface area (Å²) in [5.41, 5.74) is 0.740. The Morgan fingerprint density at radius 3 is 2.48 bits per heavy atom. The summed E-state index contributed by atoms with van der Waals surface area (Å²) in [7, 11) is 0. The molecule has 0 saturated carbocycles. The fourth-order valence-corrected chi connectivity index (χ4v) is 4.87. The minimum atomic E-state index is -0.558. The molecule has 160 valence electrons. The van der Waals surface area contributed by atoms with Gasteiger partial charge in [-0.3, -0.25) is 14.4 Å². The van der Waals surface area contributed by atoms with Gasteiger partial charge in [-0.15, -0.1) is 0 Å². The van der Waals surface area contributed by atoms with Crippen LogP contribution in [0, 0.1) is 17.8 Å². The third-order valence-corrected chi connectivity index (χ3v) is 6.68. The fourth-order valence-electron chi connectivity index (χ4n) is 4.19. The maximum absolute atomic E-state index is 13.5. The summed E-state index contributed by atoms with van der Waals surface area (Å²) in [4.78, 5) is 40.1. The molecule has 3 atom stereocenters. The van der Waals surface area contributed by atoms with Crippen molar-refractivity contribution in [3.05, 3.63) is 80.8 Å². The van der Waals surface area contributed by atoms with E-state index in [9.17, 15) is 14.4 Å². The van der Waals surface area contributed by atoms with Crippen LogP contribution in [0.3, 0.4) is 0 Å². The van der Waals surface area contributed by atoms with Crippen LogP contribution < -0.4 is 0 Å². The zero-order valence-electron chi connectivity index (χ0n) is 16.6. The van der Waals surface area contributed by atoms with Crippen LogP contribution in [0.5, 0.6) is 0 Å². The highest BCUT2D eigenvalue weighted by Gasteiger charge is 2.53. The number of hydrazine groups is 1. The number of amides is 3. The van der Waals surface area contributed by atoms with E-state index in [-0.39, 0.29) is 23.0 Å². The zero-order valence-corrected chi connectivity index (χ0v) is 18.9. The van der Waals surface area contributed by atoms with Crippen molar-refractivity contribution in [3.63, 3.8) is 0 Å². The monoisotopic (exact) mass is 476 g/mol. The van der Waals surface area contributed by atoms with Gasteiger partial charge in [0.05, 0.1) is 29.0 Å². The number of nitrogens with zero attached hydrogens (tertiary/aromatic N) is 2. The van der Waals surface area contributed by atoms with Gasteiger partial charge in [0.15, 0.2) is 0 Å². The normalized spacial score (nSPS) is 22.6. The van der Waals surface area contributed by atoms with Crippen LogP contribution in [0.15, 0.2) is 54.6 Å². The first kappa shape index (κ1) is 21.9. The first-order chi connectivity index (χ1) is 14.8. The molecule has 0 aromatic heterocycles. The molecule has 0 spiro atoms. The number of rotatable bonds is 4. The van der Waals surface area contributed by atoms with Crippen LogP contribution in [0.1, 0.15) is 29.3 Å². The van der Waals surface area contributed by atoms with E-state index in [4.69, 9.17) is 34.8 Å². The third kappa shape index (κ3) is 3.98. The maximum Gasteiger partial charge on any atom is 0.274 e. The summed E-state index contributed by atoms with van der Waals surface area (Å²) in [6.07, 6.45) is 4.31. The Balaban J connectivity index is 1.77. The van der Waals surface area contributed by atoms with E-state index < -0.39 is 29.6 Å². The van der Waals surface area contributed by atoms with E-state index in [0.717, 1.165) is 10.0 Å². The number of benzene rings is 2. The lowest BCUT2D eigenvalue weighted by atomic mass is 9.78. The van der Waals surface area contributed by atoms with Gasteiger partial charge in [-0.2, -0.15) is 5.01 Å². The second-order valence-corrected chi connectivity index (χ2v) is 8.97. The second-order valence-electron chi connectivity index (χ2n) is 7.72. The molecule has 4 rings (SSSR count). The minimum Gasteiger partial charge on any atom is -0.272 e. The topological polar surface area (TPSA) is 57.7 Å². The molecule has 1 saturated heterocycles. The molecular formula is C23H19Cl3N2O3. The number of allylic oxidation sites excluding steroid dienone is 2. The summed E-state index contributed by atoms with van der Waals surface area (Å²) < 4.78 is 0. The van der Waals surface area contributed by atoms with Crippen molar-refractivity contribution >= 4 is 52.5 Å². The van der Waals surface area contributed by atoms with Crippen LogP contribution in [-0.4, -0.2) is 27.7 Å². The van der Waals surface area contributed by atoms with E-state index in [1.165, 1.54) is 0 Å². The predicted molar refractivity (Wildman–Crippen MR) is 120 cm³/mol. The van der Waals surface area contributed by atoms with Gasteiger partial charge >= 0.3 is 0 Å². The number of halogens is 3. The van der Waals surface area contributed by atoms with Gasteiger partial charge < -0.3 is 0 Å². The van der Waals surface area contributed by atoms with Crippen molar-refractivity contribution in [2.24, 2.45) is 17.8 Å². The molecule has 5 nitrogen and oxygen atoms in total. The van der Waals surface area contributed by atoms with Gasteiger partial charge in [0.1, 0.15) is 0 Å². The molecule has 1 aliphatic carbocycles. The van der Waals surface area contributed by atoms with Gasteiger partial charge in [0.2, 0.25) is 0 Å². The number of hydrogen-bond acceptors (Lipinski definition) is 3. The second kappa shape index (κ2) is 8.65. The molecule has 0 unspecified atom stereocenters. The average molecular weight is 478 g/mol. The quantitative estimate of drug-likeness (QED) is 0.437. The van der Waals surface area contributed by atoms with Crippen LogP contribution in [-0.2, 0) is 16.1 Å². The SMILES string of the molecule is C[C@@H]1C=CC[C@H]2C(=O)N(N(Cc3ccc(Cl)cc3Cl)C(=O)c3ccccc3Cl)C(=O)[C@@H]12.